The van der Waals surface area contributed by atoms with E-state index in [2.05, 4.69) is 17.7 Å². The number of nitrogens with zero attached hydrogens (tertiary/aromatic N) is 1. The number of carbonyl (C=O) groups excluding carboxylic acids is 3. The highest BCUT2D eigenvalue weighted by molar-refractivity contribution is 7.16. The van der Waals surface area contributed by atoms with Gasteiger partial charge in [0.1, 0.15) is 12.1 Å². The first-order valence-corrected chi connectivity index (χ1v) is 10.0. The average Bonchev–Trinajstić information content (AvgIpc) is 3.07. The number of amides is 4. The number of nitrogens with one attached hydrogen (secondary N) is 3. The molecule has 1 unspecified atom stereocenters. The van der Waals surface area contributed by atoms with Gasteiger partial charge in [-0.15, -0.1) is 11.3 Å². The van der Waals surface area contributed by atoms with Crippen LogP contribution in [0, 0.1) is 5.92 Å². The highest BCUT2D eigenvalue weighted by atomic mass is 35.5. The van der Waals surface area contributed by atoms with Crippen LogP contribution in [0.5, 0.6) is 0 Å². The van der Waals surface area contributed by atoms with Crippen LogP contribution in [-0.4, -0.2) is 42.0 Å². The molecule has 0 radical (unpaired) electrons. The summed E-state index contributed by atoms with van der Waals surface area (Å²) in [7, 11) is 1.88. The van der Waals surface area contributed by atoms with Gasteiger partial charge in [0.2, 0.25) is 0 Å². The lowest BCUT2D eigenvalue weighted by Crippen LogP contribution is -3.09. The summed E-state index contributed by atoms with van der Waals surface area (Å²) >= 11 is 7.39. The Morgan fingerprint density at radius 3 is 2.73 bits per heavy atom. The zero-order valence-corrected chi connectivity index (χ0v) is 16.5. The monoisotopic (exact) mass is 399 g/mol. The van der Waals surface area contributed by atoms with E-state index in [0.717, 1.165) is 27.6 Å². The maximum atomic E-state index is 12.7. The van der Waals surface area contributed by atoms with E-state index < -0.39 is 11.6 Å². The first-order valence-electron chi connectivity index (χ1n) is 8.81. The smallest absolute Gasteiger partial charge is 0.325 e. The van der Waals surface area contributed by atoms with Gasteiger partial charge in [-0.05, 0) is 43.7 Å². The Morgan fingerprint density at radius 1 is 1.42 bits per heavy atom. The predicted molar refractivity (Wildman–Crippen MR) is 98.7 cm³/mol. The zero-order chi connectivity index (χ0) is 18.9. The second kappa shape index (κ2) is 7.54. The van der Waals surface area contributed by atoms with E-state index >= 15 is 0 Å². The molecule has 4 amide bonds. The third kappa shape index (κ3) is 4.02. The van der Waals surface area contributed by atoms with E-state index in [9.17, 15) is 14.4 Å². The van der Waals surface area contributed by atoms with Crippen molar-refractivity contribution in [1.29, 1.82) is 0 Å². The number of urea groups is 1. The minimum Gasteiger partial charge on any atom is -0.325 e. The molecule has 1 saturated heterocycles. The summed E-state index contributed by atoms with van der Waals surface area (Å²) in [5, 5.41) is 3.65. The standard InChI is InChI=1S/C17H23ClN4O3S/c1-11-5-7-17(8-6-11)15(24)22(16(25)19-17)20-14(23)10-21(2)9-12-3-4-13(18)26-12/h3-4,11H,5-10H2,1-2H3,(H,19,25)(H,20,23)/p+1. The molecule has 1 saturated carbocycles. The molecule has 2 heterocycles. The maximum Gasteiger partial charge on any atom is 0.344 e. The Kier molecular flexibility index (Phi) is 5.55. The van der Waals surface area contributed by atoms with Crippen LogP contribution >= 0.6 is 22.9 Å². The lowest BCUT2D eigenvalue weighted by Gasteiger charge is -2.33. The van der Waals surface area contributed by atoms with Crippen molar-refractivity contribution < 1.29 is 19.3 Å². The lowest BCUT2D eigenvalue weighted by atomic mass is 9.77. The van der Waals surface area contributed by atoms with Gasteiger partial charge in [-0.1, -0.05) is 18.5 Å². The molecule has 1 aliphatic heterocycles. The summed E-state index contributed by atoms with van der Waals surface area (Å²) in [6.07, 6.45) is 3.03. The van der Waals surface area contributed by atoms with Crippen LogP contribution in [0.15, 0.2) is 12.1 Å². The van der Waals surface area contributed by atoms with Gasteiger partial charge in [0.25, 0.3) is 11.8 Å². The van der Waals surface area contributed by atoms with Gasteiger partial charge in [0, 0.05) is 0 Å². The molecule has 9 heteroatoms. The van der Waals surface area contributed by atoms with Gasteiger partial charge < -0.3 is 10.2 Å². The third-order valence-electron chi connectivity index (χ3n) is 5.09. The van der Waals surface area contributed by atoms with Gasteiger partial charge in [0.15, 0.2) is 6.54 Å². The van der Waals surface area contributed by atoms with E-state index in [0.29, 0.717) is 29.6 Å². The largest absolute Gasteiger partial charge is 0.344 e. The Hall–Kier alpha value is -1.64. The molecule has 1 aliphatic carbocycles. The second-order valence-electron chi connectivity index (χ2n) is 7.39. The predicted octanol–water partition coefficient (Wildman–Crippen LogP) is 0.948. The van der Waals surface area contributed by atoms with Crippen LogP contribution in [0.1, 0.15) is 37.5 Å². The lowest BCUT2D eigenvalue weighted by molar-refractivity contribution is -0.885. The third-order valence-corrected chi connectivity index (χ3v) is 6.32. The average molecular weight is 400 g/mol. The number of hydrazine groups is 1. The number of hydrogen-bond acceptors (Lipinski definition) is 4. The van der Waals surface area contributed by atoms with E-state index in [4.69, 9.17) is 11.6 Å². The molecule has 7 nitrogen and oxygen atoms in total. The van der Waals surface area contributed by atoms with Crippen molar-refractivity contribution in [3.8, 4) is 0 Å². The molecule has 0 bridgehead atoms. The Bertz CT molecular complexity index is 715. The Labute approximate surface area is 161 Å². The number of rotatable bonds is 5. The molecule has 2 aliphatic rings. The van der Waals surface area contributed by atoms with Crippen molar-refractivity contribution in [2.45, 2.75) is 44.7 Å². The number of carbonyl (C=O) groups is 3. The van der Waals surface area contributed by atoms with Gasteiger partial charge in [0.05, 0.1) is 16.3 Å². The minimum absolute atomic E-state index is 0.149. The molecule has 0 aromatic carbocycles. The normalized spacial score (nSPS) is 26.9. The SMILES string of the molecule is CC1CCC2(CC1)NC(=O)N(NC(=O)C[NH+](C)Cc1ccc(Cl)s1)C2=O. The fourth-order valence-electron chi connectivity index (χ4n) is 3.56. The summed E-state index contributed by atoms with van der Waals surface area (Å²) in [6, 6.07) is 3.22. The Morgan fingerprint density at radius 2 is 2.12 bits per heavy atom. The van der Waals surface area contributed by atoms with E-state index in [-0.39, 0.29) is 18.4 Å². The topological polar surface area (TPSA) is 83.0 Å². The quantitative estimate of drug-likeness (QED) is 0.644. The molecule has 1 atom stereocenters. The highest BCUT2D eigenvalue weighted by Crippen LogP contribution is 2.35. The van der Waals surface area contributed by atoms with Crippen molar-refractivity contribution in [2.24, 2.45) is 5.92 Å². The van der Waals surface area contributed by atoms with Gasteiger partial charge in [-0.2, -0.15) is 5.01 Å². The summed E-state index contributed by atoms with van der Waals surface area (Å²) in [6.45, 7) is 2.94. The summed E-state index contributed by atoms with van der Waals surface area (Å²) in [4.78, 5) is 39.2. The van der Waals surface area contributed by atoms with Crippen molar-refractivity contribution in [1.82, 2.24) is 15.8 Å². The van der Waals surface area contributed by atoms with Crippen LogP contribution in [-0.2, 0) is 16.1 Å². The fraction of sp³-hybridized carbons (Fsp3) is 0.588. The van der Waals surface area contributed by atoms with E-state index in [1.165, 1.54) is 11.3 Å². The number of quaternary nitrogens is 1. The van der Waals surface area contributed by atoms with Gasteiger partial charge in [-0.3, -0.25) is 15.0 Å². The highest BCUT2D eigenvalue weighted by Gasteiger charge is 2.52. The molecule has 3 rings (SSSR count). The van der Waals surface area contributed by atoms with Gasteiger partial charge in [-0.25, -0.2) is 4.79 Å². The molecule has 1 aromatic heterocycles. The first-order chi connectivity index (χ1) is 12.3. The molecule has 142 valence electrons. The number of thiophene rings is 1. The minimum atomic E-state index is -0.844. The fourth-order valence-corrected chi connectivity index (χ4v) is 4.76. The van der Waals surface area contributed by atoms with E-state index in [1.54, 1.807) is 0 Å². The molecular weight excluding hydrogens is 376 g/mol. The van der Waals surface area contributed by atoms with Crippen molar-refractivity contribution in [3.05, 3.63) is 21.3 Å². The summed E-state index contributed by atoms with van der Waals surface area (Å²) < 4.78 is 0.712. The molecule has 1 spiro atoms. The second-order valence-corrected chi connectivity index (χ2v) is 9.19. The first kappa shape index (κ1) is 19.1. The van der Waals surface area contributed by atoms with Crippen molar-refractivity contribution >= 4 is 40.8 Å². The number of hydrogen-bond donors (Lipinski definition) is 3. The number of halogens is 1. The number of likely N-dealkylation sites (N-methyl/N-ethyl adjacent to an activating group) is 1. The summed E-state index contributed by atoms with van der Waals surface area (Å²) in [5.41, 5.74) is 1.63. The zero-order valence-electron chi connectivity index (χ0n) is 14.9. The number of imide groups is 1. The van der Waals surface area contributed by atoms with E-state index in [1.807, 2.05) is 19.2 Å². The van der Waals surface area contributed by atoms with Crippen molar-refractivity contribution in [3.63, 3.8) is 0 Å². The molecule has 2 fully saturated rings. The van der Waals surface area contributed by atoms with Crippen LogP contribution < -0.4 is 15.6 Å². The van der Waals surface area contributed by atoms with Crippen LogP contribution in [0.3, 0.4) is 0 Å². The molecular formula is C17H24ClN4O3S+. The molecule has 26 heavy (non-hydrogen) atoms. The Balaban J connectivity index is 1.55. The van der Waals surface area contributed by atoms with Crippen LogP contribution in [0.2, 0.25) is 4.34 Å². The van der Waals surface area contributed by atoms with Gasteiger partial charge >= 0.3 is 6.03 Å². The molecule has 3 N–H and O–H groups in total. The molecule has 1 aromatic rings. The summed E-state index contributed by atoms with van der Waals surface area (Å²) in [5.74, 6) is -0.155. The van der Waals surface area contributed by atoms with Crippen LogP contribution in [0.4, 0.5) is 4.79 Å². The van der Waals surface area contributed by atoms with Crippen molar-refractivity contribution in [2.75, 3.05) is 13.6 Å². The van der Waals surface area contributed by atoms with Crippen LogP contribution in [0.25, 0.3) is 0 Å². The maximum absolute atomic E-state index is 12.7.